The number of nitrogens with zero attached hydrogens (tertiary/aromatic N) is 3. The van der Waals surface area contributed by atoms with Crippen LogP contribution >= 0.6 is 0 Å². The number of ether oxygens (including phenoxy) is 1. The number of para-hydroxylation sites is 2. The Morgan fingerprint density at radius 2 is 1.95 bits per heavy atom. The summed E-state index contributed by atoms with van der Waals surface area (Å²) in [7, 11) is 2.10. The van der Waals surface area contributed by atoms with Gasteiger partial charge in [0.25, 0.3) is 5.91 Å². The van der Waals surface area contributed by atoms with Gasteiger partial charge in [0, 0.05) is 31.9 Å². The average Bonchev–Trinajstić information content (AvgIpc) is 3.58. The van der Waals surface area contributed by atoms with E-state index in [0.717, 1.165) is 45.4 Å². The smallest absolute Gasteiger partial charge is 0.256 e. The van der Waals surface area contributed by atoms with Crippen LogP contribution in [0.3, 0.4) is 0 Å². The minimum absolute atomic E-state index is 0.00549. The lowest BCUT2D eigenvalue weighted by atomic mass is 10.1. The number of benzene rings is 2. The van der Waals surface area contributed by atoms with Gasteiger partial charge < -0.3 is 29.7 Å². The maximum Gasteiger partial charge on any atom is 0.256 e. The second kappa shape index (κ2) is 10.4. The van der Waals surface area contributed by atoms with Crippen molar-refractivity contribution in [2.45, 2.75) is 38.1 Å². The zero-order valence-electron chi connectivity index (χ0n) is 21.8. The third kappa shape index (κ3) is 4.54. The number of pyridine rings is 1. The number of carbonyl (C=O) groups excluding carboxylic acids is 1. The Bertz CT molecular complexity index is 1430. The summed E-state index contributed by atoms with van der Waals surface area (Å²) in [5, 5.41) is 6.26. The van der Waals surface area contributed by atoms with Crippen LogP contribution in [0.5, 0.6) is 11.5 Å². The number of hydrogen-bond donors (Lipinski definition) is 2. The van der Waals surface area contributed by atoms with Crippen molar-refractivity contribution in [1.29, 1.82) is 0 Å². The van der Waals surface area contributed by atoms with E-state index in [9.17, 15) is 9.59 Å². The molecule has 0 saturated carbocycles. The molecule has 2 saturated heterocycles. The Balaban J connectivity index is 1.35. The fraction of sp³-hybridized carbons (Fsp3) is 0.448. The highest BCUT2D eigenvalue weighted by Crippen LogP contribution is 2.45. The van der Waals surface area contributed by atoms with Gasteiger partial charge in [-0.15, -0.1) is 0 Å². The number of likely N-dealkylation sites (tertiary alicyclic amines) is 2. The number of amides is 1. The lowest BCUT2D eigenvalue weighted by Gasteiger charge is -2.26. The van der Waals surface area contributed by atoms with Crippen molar-refractivity contribution in [3.8, 4) is 17.2 Å². The SMILES string of the molecule is CN1CCCC1CCNC(=O)c1cn2c3c(c(NCCN4CCCC4)c(F)cc3c1=O)Oc1ccccc1-2. The Morgan fingerprint density at radius 3 is 2.74 bits per heavy atom. The molecular formula is C29H34FN5O3. The van der Waals surface area contributed by atoms with Crippen molar-refractivity contribution in [2.24, 2.45) is 0 Å². The van der Waals surface area contributed by atoms with Crippen molar-refractivity contribution in [3.05, 3.63) is 58.1 Å². The maximum absolute atomic E-state index is 15.5. The molecule has 0 bridgehead atoms. The minimum Gasteiger partial charge on any atom is -0.451 e. The molecule has 6 rings (SSSR count). The quantitative estimate of drug-likeness (QED) is 0.367. The summed E-state index contributed by atoms with van der Waals surface area (Å²) in [6, 6.07) is 9.05. The molecule has 38 heavy (non-hydrogen) atoms. The molecule has 2 fully saturated rings. The van der Waals surface area contributed by atoms with Crippen molar-refractivity contribution < 1.29 is 13.9 Å². The first kappa shape index (κ1) is 24.9. The van der Waals surface area contributed by atoms with E-state index in [2.05, 4.69) is 27.5 Å². The number of hydrogen-bond acceptors (Lipinski definition) is 6. The molecule has 0 radical (unpaired) electrons. The molecule has 1 unspecified atom stereocenters. The van der Waals surface area contributed by atoms with Gasteiger partial charge in [0.05, 0.1) is 11.1 Å². The monoisotopic (exact) mass is 519 g/mol. The van der Waals surface area contributed by atoms with Gasteiger partial charge in [-0.05, 0) is 77.0 Å². The van der Waals surface area contributed by atoms with Gasteiger partial charge in [0.15, 0.2) is 17.3 Å². The van der Waals surface area contributed by atoms with Gasteiger partial charge in [0.1, 0.15) is 16.8 Å². The van der Waals surface area contributed by atoms with E-state index in [-0.39, 0.29) is 22.4 Å². The van der Waals surface area contributed by atoms with E-state index in [0.29, 0.717) is 36.1 Å². The second-order valence-electron chi connectivity index (χ2n) is 10.6. The van der Waals surface area contributed by atoms with Crippen molar-refractivity contribution in [3.63, 3.8) is 0 Å². The van der Waals surface area contributed by atoms with Crippen LogP contribution in [0.25, 0.3) is 16.6 Å². The summed E-state index contributed by atoms with van der Waals surface area (Å²) in [6.45, 7) is 5.01. The van der Waals surface area contributed by atoms with Crippen LogP contribution in [0, 0.1) is 5.82 Å². The first-order valence-electron chi connectivity index (χ1n) is 13.6. The lowest BCUT2D eigenvalue weighted by molar-refractivity contribution is 0.0949. The number of fused-ring (bicyclic) bond motifs is 2. The van der Waals surface area contributed by atoms with Gasteiger partial charge in [-0.1, -0.05) is 12.1 Å². The topological polar surface area (TPSA) is 78.8 Å². The summed E-state index contributed by atoms with van der Waals surface area (Å²) in [6.07, 6.45) is 7.05. The van der Waals surface area contributed by atoms with Crippen molar-refractivity contribution >= 4 is 22.5 Å². The van der Waals surface area contributed by atoms with E-state index in [4.69, 9.17) is 4.74 Å². The van der Waals surface area contributed by atoms with Crippen molar-refractivity contribution in [1.82, 2.24) is 19.7 Å². The van der Waals surface area contributed by atoms with Crippen LogP contribution in [0.2, 0.25) is 0 Å². The van der Waals surface area contributed by atoms with Gasteiger partial charge >= 0.3 is 0 Å². The van der Waals surface area contributed by atoms with Crippen LogP contribution < -0.4 is 20.8 Å². The fourth-order valence-corrected chi connectivity index (χ4v) is 6.03. The zero-order chi connectivity index (χ0) is 26.2. The van der Waals surface area contributed by atoms with Crippen LogP contribution in [-0.4, -0.2) is 72.6 Å². The van der Waals surface area contributed by atoms with E-state index in [1.807, 2.05) is 18.2 Å². The molecule has 8 nitrogen and oxygen atoms in total. The zero-order valence-corrected chi connectivity index (χ0v) is 21.8. The standard InChI is InChI=1S/C29H34FN5O3/c1-33-13-6-7-19(33)10-11-32-29(37)21-18-35-23-8-2-3-9-24(23)38-28-25(31-12-16-34-14-4-5-15-34)22(30)17-20(26(28)35)27(21)36/h2-3,8-9,17-19,31H,4-7,10-16H2,1H3,(H,32,37). The number of anilines is 1. The highest BCUT2D eigenvalue weighted by molar-refractivity contribution is 6.01. The summed E-state index contributed by atoms with van der Waals surface area (Å²) in [5.74, 6) is -0.207. The fourth-order valence-electron chi connectivity index (χ4n) is 6.03. The Hall–Kier alpha value is -3.43. The number of nitrogens with one attached hydrogen (secondary N) is 2. The van der Waals surface area contributed by atoms with E-state index in [1.54, 1.807) is 16.8 Å². The van der Waals surface area contributed by atoms with Crippen LogP contribution in [0.1, 0.15) is 42.5 Å². The third-order valence-corrected chi connectivity index (χ3v) is 8.14. The van der Waals surface area contributed by atoms with E-state index < -0.39 is 17.2 Å². The molecular weight excluding hydrogens is 485 g/mol. The average molecular weight is 520 g/mol. The highest BCUT2D eigenvalue weighted by atomic mass is 19.1. The van der Waals surface area contributed by atoms with E-state index >= 15 is 4.39 Å². The Morgan fingerprint density at radius 1 is 1.13 bits per heavy atom. The number of halogens is 1. The first-order valence-corrected chi connectivity index (χ1v) is 13.6. The van der Waals surface area contributed by atoms with Gasteiger partial charge in [-0.3, -0.25) is 9.59 Å². The van der Waals surface area contributed by atoms with Crippen LogP contribution in [0.4, 0.5) is 10.1 Å². The molecule has 0 aliphatic carbocycles. The largest absolute Gasteiger partial charge is 0.451 e. The Kier molecular flexibility index (Phi) is 6.80. The number of rotatable bonds is 8. The molecule has 1 amide bonds. The molecule has 3 aromatic rings. The van der Waals surface area contributed by atoms with Crippen LogP contribution in [-0.2, 0) is 0 Å². The molecule has 4 heterocycles. The Labute approximate surface area is 221 Å². The van der Waals surface area contributed by atoms with Gasteiger partial charge in [-0.2, -0.15) is 0 Å². The second-order valence-corrected chi connectivity index (χ2v) is 10.6. The molecule has 3 aliphatic rings. The lowest BCUT2D eigenvalue weighted by Crippen LogP contribution is -2.34. The third-order valence-electron chi connectivity index (χ3n) is 8.14. The normalized spacial score (nSPS) is 18.9. The van der Waals surface area contributed by atoms with E-state index in [1.165, 1.54) is 18.9 Å². The maximum atomic E-state index is 15.5. The minimum atomic E-state index is -0.571. The van der Waals surface area contributed by atoms with Gasteiger partial charge in [-0.25, -0.2) is 4.39 Å². The summed E-state index contributed by atoms with van der Waals surface area (Å²) >= 11 is 0. The number of carbonyl (C=O) groups is 1. The predicted octanol–water partition coefficient (Wildman–Crippen LogP) is 3.96. The highest BCUT2D eigenvalue weighted by Gasteiger charge is 2.28. The summed E-state index contributed by atoms with van der Waals surface area (Å²) in [4.78, 5) is 31.4. The van der Waals surface area contributed by atoms with Gasteiger partial charge in [0.2, 0.25) is 5.43 Å². The summed E-state index contributed by atoms with van der Waals surface area (Å²) < 4.78 is 23.5. The molecule has 1 aromatic heterocycles. The molecule has 9 heteroatoms. The van der Waals surface area contributed by atoms with Crippen LogP contribution in [0.15, 0.2) is 41.3 Å². The first-order chi connectivity index (χ1) is 18.5. The number of aromatic nitrogens is 1. The molecule has 3 aliphatic heterocycles. The predicted molar refractivity (Wildman–Crippen MR) is 146 cm³/mol. The molecule has 2 N–H and O–H groups in total. The molecule has 2 aromatic carbocycles. The molecule has 200 valence electrons. The van der Waals surface area contributed by atoms with Crippen molar-refractivity contribution in [2.75, 3.05) is 51.6 Å². The molecule has 0 spiro atoms. The molecule has 1 atom stereocenters. The summed E-state index contributed by atoms with van der Waals surface area (Å²) in [5.41, 5.74) is 0.883.